The molecule has 0 radical (unpaired) electrons. The van der Waals surface area contributed by atoms with Crippen LogP contribution in [0.25, 0.3) is 0 Å². The quantitative estimate of drug-likeness (QED) is 0.606. The number of carbonyl (C=O) groups excluding carboxylic acids is 1. The number of halogens is 1. The Morgan fingerprint density at radius 3 is 2.52 bits per heavy atom. The topological polar surface area (TPSA) is 75.7 Å². The third kappa shape index (κ3) is 6.11. The van der Waals surface area contributed by atoms with Crippen LogP contribution < -0.4 is 14.4 Å². The zero-order valence-electron chi connectivity index (χ0n) is 17.1. The first kappa shape index (κ1) is 23.0. The standard InChI is InChI=1S/C21H27ClN2O4S/c1-5-19(24(29(4,26)27)18-10-7-9-17(22)14-18)21(25)23-12-13-28-20-11-6-8-15(2)16(20)3/h6-11,14,19H,5,12-13H2,1-4H3,(H,23,25)/t19-/m0/s1. The summed E-state index contributed by atoms with van der Waals surface area (Å²) in [5, 5.41) is 3.17. The van der Waals surface area contributed by atoms with Gasteiger partial charge in [-0.3, -0.25) is 9.10 Å². The highest BCUT2D eigenvalue weighted by atomic mass is 35.5. The summed E-state index contributed by atoms with van der Waals surface area (Å²) in [7, 11) is -3.69. The monoisotopic (exact) mass is 438 g/mol. The normalized spacial score (nSPS) is 12.3. The fourth-order valence-corrected chi connectivity index (χ4v) is 4.40. The molecule has 1 N–H and O–H groups in total. The van der Waals surface area contributed by atoms with Gasteiger partial charge in [0.15, 0.2) is 0 Å². The van der Waals surface area contributed by atoms with E-state index in [0.29, 0.717) is 17.1 Å². The molecule has 0 aromatic heterocycles. The van der Waals surface area contributed by atoms with Gasteiger partial charge in [0.1, 0.15) is 18.4 Å². The van der Waals surface area contributed by atoms with Crippen LogP contribution in [-0.2, 0) is 14.8 Å². The van der Waals surface area contributed by atoms with Crippen LogP contribution in [0.3, 0.4) is 0 Å². The number of benzene rings is 2. The number of anilines is 1. The van der Waals surface area contributed by atoms with Gasteiger partial charge in [0.05, 0.1) is 18.5 Å². The van der Waals surface area contributed by atoms with E-state index in [-0.39, 0.29) is 19.1 Å². The SMILES string of the molecule is CC[C@@H](C(=O)NCCOc1cccc(C)c1C)N(c1cccc(Cl)c1)S(C)(=O)=O. The Balaban J connectivity index is 2.06. The first-order valence-electron chi connectivity index (χ1n) is 9.36. The molecule has 2 aromatic carbocycles. The van der Waals surface area contributed by atoms with Gasteiger partial charge in [-0.25, -0.2) is 8.42 Å². The van der Waals surface area contributed by atoms with Crippen LogP contribution >= 0.6 is 11.6 Å². The first-order chi connectivity index (χ1) is 13.6. The maximum absolute atomic E-state index is 12.7. The molecule has 1 atom stereocenters. The van der Waals surface area contributed by atoms with Gasteiger partial charge >= 0.3 is 0 Å². The molecular weight excluding hydrogens is 412 g/mol. The lowest BCUT2D eigenvalue weighted by atomic mass is 10.1. The van der Waals surface area contributed by atoms with Crippen molar-refractivity contribution in [2.45, 2.75) is 33.2 Å². The fraction of sp³-hybridized carbons (Fsp3) is 0.381. The minimum absolute atomic E-state index is 0.260. The smallest absolute Gasteiger partial charge is 0.244 e. The number of aryl methyl sites for hydroxylation is 1. The minimum Gasteiger partial charge on any atom is -0.491 e. The highest BCUT2D eigenvalue weighted by Gasteiger charge is 2.31. The lowest BCUT2D eigenvalue weighted by Crippen LogP contribution is -2.50. The molecule has 0 aliphatic heterocycles. The van der Waals surface area contributed by atoms with Crippen molar-refractivity contribution in [2.75, 3.05) is 23.7 Å². The first-order valence-corrected chi connectivity index (χ1v) is 11.6. The molecule has 0 bridgehead atoms. The van der Waals surface area contributed by atoms with Crippen LogP contribution in [0.2, 0.25) is 5.02 Å². The van der Waals surface area contributed by atoms with Gasteiger partial charge in [-0.2, -0.15) is 0 Å². The molecule has 0 aliphatic rings. The highest BCUT2D eigenvalue weighted by molar-refractivity contribution is 7.92. The van der Waals surface area contributed by atoms with Crippen LogP contribution in [0, 0.1) is 13.8 Å². The fourth-order valence-electron chi connectivity index (χ4n) is 3.01. The van der Waals surface area contributed by atoms with Gasteiger partial charge in [-0.05, 0) is 55.7 Å². The van der Waals surface area contributed by atoms with E-state index in [4.69, 9.17) is 16.3 Å². The number of amides is 1. The Morgan fingerprint density at radius 1 is 1.21 bits per heavy atom. The Kier molecular flexibility index (Phi) is 7.93. The maximum atomic E-state index is 12.7. The van der Waals surface area contributed by atoms with E-state index in [2.05, 4.69) is 5.32 Å². The van der Waals surface area contributed by atoms with Gasteiger partial charge in [0.2, 0.25) is 15.9 Å². The molecule has 6 nitrogen and oxygen atoms in total. The van der Waals surface area contributed by atoms with E-state index < -0.39 is 16.1 Å². The van der Waals surface area contributed by atoms with Gasteiger partial charge < -0.3 is 10.1 Å². The Hall–Kier alpha value is -2.25. The van der Waals surface area contributed by atoms with E-state index in [1.54, 1.807) is 25.1 Å². The average molecular weight is 439 g/mol. The number of hydrogen-bond acceptors (Lipinski definition) is 4. The van der Waals surface area contributed by atoms with Crippen LogP contribution in [0.15, 0.2) is 42.5 Å². The third-order valence-electron chi connectivity index (χ3n) is 4.61. The number of nitrogens with zero attached hydrogens (tertiary/aromatic N) is 1. The van der Waals surface area contributed by atoms with Gasteiger partial charge in [0, 0.05) is 5.02 Å². The lowest BCUT2D eigenvalue weighted by molar-refractivity contribution is -0.122. The summed E-state index contributed by atoms with van der Waals surface area (Å²) in [5.74, 6) is 0.380. The molecule has 158 valence electrons. The van der Waals surface area contributed by atoms with E-state index >= 15 is 0 Å². The molecule has 0 unspecified atom stereocenters. The zero-order chi connectivity index (χ0) is 21.6. The van der Waals surface area contributed by atoms with Crippen LogP contribution in [0.5, 0.6) is 5.75 Å². The maximum Gasteiger partial charge on any atom is 0.244 e. The highest BCUT2D eigenvalue weighted by Crippen LogP contribution is 2.25. The number of nitrogens with one attached hydrogen (secondary N) is 1. The number of carbonyl (C=O) groups is 1. The van der Waals surface area contributed by atoms with E-state index in [9.17, 15) is 13.2 Å². The van der Waals surface area contributed by atoms with Crippen LogP contribution in [-0.4, -0.2) is 39.8 Å². The van der Waals surface area contributed by atoms with E-state index in [1.165, 1.54) is 6.07 Å². The summed E-state index contributed by atoms with van der Waals surface area (Å²) in [6.07, 6.45) is 1.39. The molecule has 0 aliphatic carbocycles. The number of sulfonamides is 1. The van der Waals surface area contributed by atoms with Crippen molar-refractivity contribution < 1.29 is 17.9 Å². The van der Waals surface area contributed by atoms with Gasteiger partial charge in [-0.1, -0.05) is 36.7 Å². The summed E-state index contributed by atoms with van der Waals surface area (Å²) in [5.41, 5.74) is 2.53. The predicted molar refractivity (Wildman–Crippen MR) is 117 cm³/mol. The number of rotatable bonds is 9. The summed E-state index contributed by atoms with van der Waals surface area (Å²) >= 11 is 6.01. The summed E-state index contributed by atoms with van der Waals surface area (Å²) in [4.78, 5) is 12.7. The molecule has 0 saturated heterocycles. The molecule has 0 fully saturated rings. The number of hydrogen-bond donors (Lipinski definition) is 1. The van der Waals surface area contributed by atoms with Crippen molar-refractivity contribution in [3.63, 3.8) is 0 Å². The number of ether oxygens (including phenoxy) is 1. The third-order valence-corrected chi connectivity index (χ3v) is 6.02. The molecule has 0 spiro atoms. The molecule has 29 heavy (non-hydrogen) atoms. The van der Waals surface area contributed by atoms with Crippen molar-refractivity contribution >= 4 is 33.2 Å². The molecule has 0 heterocycles. The second kappa shape index (κ2) is 9.98. The molecule has 0 saturated carbocycles. The van der Waals surface area contributed by atoms with Crippen molar-refractivity contribution in [3.8, 4) is 5.75 Å². The van der Waals surface area contributed by atoms with Crippen molar-refractivity contribution in [2.24, 2.45) is 0 Å². The second-order valence-corrected chi connectivity index (χ2v) is 9.10. The molecule has 1 amide bonds. The van der Waals surface area contributed by atoms with Crippen molar-refractivity contribution in [3.05, 3.63) is 58.6 Å². The molecule has 8 heteroatoms. The van der Waals surface area contributed by atoms with Crippen LogP contribution in [0.4, 0.5) is 5.69 Å². The molecular formula is C21H27ClN2O4S. The lowest BCUT2D eigenvalue weighted by Gasteiger charge is -2.30. The van der Waals surface area contributed by atoms with Crippen molar-refractivity contribution in [1.82, 2.24) is 5.32 Å². The minimum atomic E-state index is -3.69. The second-order valence-electron chi connectivity index (χ2n) is 6.80. The Morgan fingerprint density at radius 2 is 1.90 bits per heavy atom. The summed E-state index contributed by atoms with van der Waals surface area (Å²) < 4.78 is 31.7. The van der Waals surface area contributed by atoms with Crippen LogP contribution in [0.1, 0.15) is 24.5 Å². The zero-order valence-corrected chi connectivity index (χ0v) is 18.7. The summed E-state index contributed by atoms with van der Waals surface area (Å²) in [6.45, 7) is 6.29. The van der Waals surface area contributed by atoms with Crippen molar-refractivity contribution in [1.29, 1.82) is 0 Å². The molecule has 2 rings (SSSR count). The Labute approximate surface area is 177 Å². The predicted octanol–water partition coefficient (Wildman–Crippen LogP) is 3.70. The van der Waals surface area contributed by atoms with Gasteiger partial charge in [0.25, 0.3) is 0 Å². The van der Waals surface area contributed by atoms with E-state index in [0.717, 1.165) is 27.4 Å². The average Bonchev–Trinajstić information content (AvgIpc) is 2.65. The summed E-state index contributed by atoms with van der Waals surface area (Å²) in [6, 6.07) is 11.4. The Bertz CT molecular complexity index is 963. The van der Waals surface area contributed by atoms with Gasteiger partial charge in [-0.15, -0.1) is 0 Å². The largest absolute Gasteiger partial charge is 0.491 e. The molecule has 2 aromatic rings. The van der Waals surface area contributed by atoms with E-state index in [1.807, 2.05) is 32.0 Å².